The highest BCUT2D eigenvalue weighted by atomic mass is 16.7. The van der Waals surface area contributed by atoms with Crippen LogP contribution in [-0.2, 0) is 9.47 Å². The number of ether oxygens (including phenoxy) is 2. The van der Waals surface area contributed by atoms with Crippen molar-refractivity contribution < 1.29 is 9.47 Å². The van der Waals surface area contributed by atoms with Gasteiger partial charge in [-0.25, -0.2) is 0 Å². The molecule has 0 fully saturated rings. The summed E-state index contributed by atoms with van der Waals surface area (Å²) >= 11 is 0. The van der Waals surface area contributed by atoms with Crippen LogP contribution < -0.4 is 0 Å². The predicted molar refractivity (Wildman–Crippen MR) is 189 cm³/mol. The van der Waals surface area contributed by atoms with Gasteiger partial charge in [0.15, 0.2) is 6.29 Å². The van der Waals surface area contributed by atoms with Gasteiger partial charge in [-0.3, -0.25) is 0 Å². The molecule has 0 aromatic heterocycles. The second-order valence-corrected chi connectivity index (χ2v) is 13.4. The standard InChI is InChI=1S/C40H80O2/c1-6-11-14-15-16-17-18-19-20-21-22-23-24-25-26-27-28-29-30-31-32-35-40(41-36-38(9-4)33-12-7-2)42-37-39(10-5)34-13-8-3/h22-23,38-40H,6-21,24-37H2,1-5H3/b23-22+. The second kappa shape index (κ2) is 35.1. The minimum absolute atomic E-state index is 0.00438. The molecule has 0 rings (SSSR count). The van der Waals surface area contributed by atoms with E-state index in [9.17, 15) is 0 Å². The summed E-state index contributed by atoms with van der Waals surface area (Å²) < 4.78 is 12.8. The molecule has 0 saturated heterocycles. The van der Waals surface area contributed by atoms with Crippen LogP contribution in [0.25, 0.3) is 0 Å². The average Bonchev–Trinajstić information content (AvgIpc) is 3.01. The second-order valence-electron chi connectivity index (χ2n) is 13.4. The van der Waals surface area contributed by atoms with Crippen molar-refractivity contribution in [3.63, 3.8) is 0 Å². The Morgan fingerprint density at radius 3 is 1.12 bits per heavy atom. The molecule has 0 aliphatic heterocycles. The van der Waals surface area contributed by atoms with Crippen molar-refractivity contribution in [3.05, 3.63) is 12.2 Å². The minimum atomic E-state index is 0.00438. The fourth-order valence-corrected chi connectivity index (χ4v) is 5.94. The lowest BCUT2D eigenvalue weighted by molar-refractivity contribution is -0.162. The molecule has 0 aromatic carbocycles. The highest BCUT2D eigenvalue weighted by Gasteiger charge is 2.16. The molecule has 2 nitrogen and oxygen atoms in total. The molecular formula is C40H80O2. The topological polar surface area (TPSA) is 18.5 Å². The molecule has 2 atom stereocenters. The summed E-state index contributed by atoms with van der Waals surface area (Å²) in [6, 6.07) is 0. The van der Waals surface area contributed by atoms with E-state index in [1.165, 1.54) is 173 Å². The molecule has 2 unspecified atom stereocenters. The van der Waals surface area contributed by atoms with Crippen LogP contribution in [0.5, 0.6) is 0 Å². The van der Waals surface area contributed by atoms with Gasteiger partial charge in [0.2, 0.25) is 0 Å². The Morgan fingerprint density at radius 2 is 0.738 bits per heavy atom. The van der Waals surface area contributed by atoms with Crippen molar-refractivity contribution >= 4 is 0 Å². The van der Waals surface area contributed by atoms with Crippen molar-refractivity contribution in [2.24, 2.45) is 11.8 Å². The van der Waals surface area contributed by atoms with Gasteiger partial charge >= 0.3 is 0 Å². The first-order valence-electron chi connectivity index (χ1n) is 19.6. The number of unbranched alkanes of at least 4 members (excludes halogenated alkanes) is 19. The zero-order valence-electron chi connectivity index (χ0n) is 29.9. The lowest BCUT2D eigenvalue weighted by atomic mass is 10.0. The number of allylic oxidation sites excluding steroid dienone is 2. The van der Waals surface area contributed by atoms with E-state index in [2.05, 4.69) is 46.8 Å². The third-order valence-electron chi connectivity index (χ3n) is 9.32. The maximum atomic E-state index is 6.41. The van der Waals surface area contributed by atoms with E-state index < -0.39 is 0 Å². The molecule has 0 saturated carbocycles. The van der Waals surface area contributed by atoms with Crippen molar-refractivity contribution in [1.29, 1.82) is 0 Å². The first kappa shape index (κ1) is 41.7. The van der Waals surface area contributed by atoms with Crippen LogP contribution in [0.3, 0.4) is 0 Å². The van der Waals surface area contributed by atoms with E-state index in [1.54, 1.807) is 0 Å². The minimum Gasteiger partial charge on any atom is -0.352 e. The Kier molecular flexibility index (Phi) is 34.9. The maximum Gasteiger partial charge on any atom is 0.157 e. The summed E-state index contributed by atoms with van der Waals surface area (Å²) in [5, 5.41) is 0. The smallest absolute Gasteiger partial charge is 0.157 e. The largest absolute Gasteiger partial charge is 0.352 e. The van der Waals surface area contributed by atoms with E-state index in [4.69, 9.17) is 9.47 Å². The number of hydrogen-bond donors (Lipinski definition) is 0. The molecule has 0 aromatic rings. The van der Waals surface area contributed by atoms with Crippen LogP contribution in [0.1, 0.15) is 214 Å². The highest BCUT2D eigenvalue weighted by Crippen LogP contribution is 2.20. The first-order chi connectivity index (χ1) is 20.7. The van der Waals surface area contributed by atoms with Gasteiger partial charge in [-0.2, -0.15) is 0 Å². The lowest BCUT2D eigenvalue weighted by Crippen LogP contribution is -2.24. The van der Waals surface area contributed by atoms with Crippen LogP contribution in [0, 0.1) is 11.8 Å². The van der Waals surface area contributed by atoms with E-state index in [1.807, 2.05) is 0 Å². The van der Waals surface area contributed by atoms with Gasteiger partial charge in [0, 0.05) is 0 Å². The molecule has 0 bridgehead atoms. The SMILES string of the molecule is CCCCCCCCCCC/C=C/CCCCCCCCCCC(OCC(CC)CCCC)OCC(CC)CCCC. The zero-order chi connectivity index (χ0) is 30.8. The van der Waals surface area contributed by atoms with Crippen LogP contribution in [0.2, 0.25) is 0 Å². The van der Waals surface area contributed by atoms with Gasteiger partial charge < -0.3 is 9.47 Å². The van der Waals surface area contributed by atoms with Crippen molar-refractivity contribution in [2.75, 3.05) is 13.2 Å². The first-order valence-corrected chi connectivity index (χ1v) is 19.6. The molecule has 0 heterocycles. The van der Waals surface area contributed by atoms with Gasteiger partial charge in [-0.1, -0.05) is 175 Å². The molecule has 0 aliphatic carbocycles. The molecule has 252 valence electrons. The fraction of sp³-hybridized carbons (Fsp3) is 0.950. The van der Waals surface area contributed by atoms with Crippen LogP contribution >= 0.6 is 0 Å². The fourth-order valence-electron chi connectivity index (χ4n) is 5.94. The third-order valence-corrected chi connectivity index (χ3v) is 9.32. The van der Waals surface area contributed by atoms with Crippen molar-refractivity contribution in [3.8, 4) is 0 Å². The monoisotopic (exact) mass is 593 g/mol. The number of hydrogen-bond acceptors (Lipinski definition) is 2. The molecule has 0 spiro atoms. The zero-order valence-corrected chi connectivity index (χ0v) is 29.9. The Balaban J connectivity index is 3.86. The Labute approximate surface area is 267 Å². The van der Waals surface area contributed by atoms with Crippen LogP contribution in [0.15, 0.2) is 12.2 Å². The summed E-state index contributed by atoms with van der Waals surface area (Å²) in [6.45, 7) is 13.3. The quantitative estimate of drug-likeness (QED) is 0.0414. The Morgan fingerprint density at radius 1 is 0.381 bits per heavy atom. The lowest BCUT2D eigenvalue weighted by Gasteiger charge is -2.24. The summed E-state index contributed by atoms with van der Waals surface area (Å²) in [5.41, 5.74) is 0. The van der Waals surface area contributed by atoms with Gasteiger partial charge in [-0.15, -0.1) is 0 Å². The molecule has 0 amide bonds. The normalized spacial score (nSPS) is 14.1. The van der Waals surface area contributed by atoms with Gasteiger partial charge in [0.05, 0.1) is 13.2 Å². The van der Waals surface area contributed by atoms with Crippen molar-refractivity contribution in [1.82, 2.24) is 0 Å². The highest BCUT2D eigenvalue weighted by molar-refractivity contribution is 4.81. The summed E-state index contributed by atoms with van der Waals surface area (Å²) in [4.78, 5) is 0. The summed E-state index contributed by atoms with van der Waals surface area (Å²) in [7, 11) is 0. The maximum absolute atomic E-state index is 6.41. The van der Waals surface area contributed by atoms with Crippen LogP contribution in [-0.4, -0.2) is 19.5 Å². The van der Waals surface area contributed by atoms with Gasteiger partial charge in [0.25, 0.3) is 0 Å². The third kappa shape index (κ3) is 29.7. The van der Waals surface area contributed by atoms with Gasteiger partial charge in [0.1, 0.15) is 0 Å². The molecule has 2 heteroatoms. The van der Waals surface area contributed by atoms with E-state index >= 15 is 0 Å². The van der Waals surface area contributed by atoms with E-state index in [0.29, 0.717) is 11.8 Å². The Bertz CT molecular complexity index is 496. The van der Waals surface area contributed by atoms with Gasteiger partial charge in [-0.05, 0) is 63.2 Å². The summed E-state index contributed by atoms with van der Waals surface area (Å²) in [6.07, 6.45) is 42.5. The predicted octanol–water partition coefficient (Wildman–Crippen LogP) is 14.2. The van der Waals surface area contributed by atoms with E-state index in [0.717, 1.165) is 19.6 Å². The molecule has 0 N–H and O–H groups in total. The molecular weight excluding hydrogens is 512 g/mol. The molecule has 0 aliphatic rings. The Hall–Kier alpha value is -0.340. The van der Waals surface area contributed by atoms with Crippen LogP contribution in [0.4, 0.5) is 0 Å². The summed E-state index contributed by atoms with van der Waals surface area (Å²) in [5.74, 6) is 1.38. The van der Waals surface area contributed by atoms with Crippen molar-refractivity contribution in [2.45, 2.75) is 221 Å². The number of rotatable bonds is 35. The molecule has 0 radical (unpaired) electrons. The molecule has 42 heavy (non-hydrogen) atoms. The average molecular weight is 593 g/mol. The van der Waals surface area contributed by atoms with E-state index in [-0.39, 0.29) is 6.29 Å².